The molecule has 1 aromatic rings. The van der Waals surface area contributed by atoms with E-state index in [1.54, 1.807) is 16.7 Å². The summed E-state index contributed by atoms with van der Waals surface area (Å²) in [6.07, 6.45) is 5.65. The first-order chi connectivity index (χ1) is 10.6. The summed E-state index contributed by atoms with van der Waals surface area (Å²) in [7, 11) is -3.20. The normalized spacial score (nSPS) is 24.5. The lowest BCUT2D eigenvalue weighted by Gasteiger charge is -2.24. The van der Waals surface area contributed by atoms with Gasteiger partial charge in [-0.25, -0.2) is 8.42 Å². The highest BCUT2D eigenvalue weighted by atomic mass is 32.2. The Morgan fingerprint density at radius 1 is 1.32 bits per heavy atom. The van der Waals surface area contributed by atoms with E-state index < -0.39 is 10.0 Å². The molecule has 1 aromatic heterocycles. The van der Waals surface area contributed by atoms with E-state index in [-0.39, 0.29) is 17.8 Å². The molecule has 2 fully saturated rings. The van der Waals surface area contributed by atoms with Gasteiger partial charge in [-0.2, -0.15) is 4.31 Å². The van der Waals surface area contributed by atoms with Crippen molar-refractivity contribution < 1.29 is 17.9 Å². The zero-order chi connectivity index (χ0) is 15.4. The van der Waals surface area contributed by atoms with Crippen molar-refractivity contribution in [1.29, 1.82) is 0 Å². The number of aromatic nitrogens is 1. The molecule has 2 saturated heterocycles. The van der Waals surface area contributed by atoms with Gasteiger partial charge >= 0.3 is 0 Å². The van der Waals surface area contributed by atoms with Crippen LogP contribution in [0.2, 0.25) is 0 Å². The highest BCUT2D eigenvalue weighted by Crippen LogP contribution is 2.23. The molecule has 3 heterocycles. The molecule has 0 N–H and O–H groups in total. The Kier molecular flexibility index (Phi) is 4.95. The fourth-order valence-corrected chi connectivity index (χ4v) is 4.89. The van der Waals surface area contributed by atoms with E-state index in [0.29, 0.717) is 32.1 Å². The zero-order valence-electron chi connectivity index (χ0n) is 12.6. The van der Waals surface area contributed by atoms with E-state index in [4.69, 9.17) is 9.47 Å². The van der Waals surface area contributed by atoms with Crippen LogP contribution in [0, 0.1) is 5.92 Å². The summed E-state index contributed by atoms with van der Waals surface area (Å²) in [5.41, 5.74) is 0. The average Bonchev–Trinajstić information content (AvgIpc) is 2.98. The lowest BCUT2D eigenvalue weighted by atomic mass is 10.0. The second-order valence-corrected chi connectivity index (χ2v) is 7.92. The second-order valence-electron chi connectivity index (χ2n) is 5.91. The van der Waals surface area contributed by atoms with Crippen LogP contribution in [0.1, 0.15) is 19.3 Å². The standard InChI is InChI=1S/C15H22N2O4S/c18-22(19,12-13-4-8-20-9-5-13)17-7-3-15(11-17)21-14-2-1-6-16-10-14/h1-2,6,10,13,15H,3-5,7-9,11-12H2/t15-/m0/s1. The minimum atomic E-state index is -3.20. The van der Waals surface area contributed by atoms with Gasteiger partial charge in [0.2, 0.25) is 10.0 Å². The number of sulfonamides is 1. The van der Waals surface area contributed by atoms with Gasteiger partial charge in [-0.05, 0) is 37.3 Å². The second kappa shape index (κ2) is 6.93. The summed E-state index contributed by atoms with van der Waals surface area (Å²) < 4.78 is 37.7. The Bertz CT molecular complexity index is 572. The molecule has 0 unspecified atom stereocenters. The molecule has 0 radical (unpaired) electrons. The SMILES string of the molecule is O=S(=O)(CC1CCOCC1)N1CC[C@H](Oc2cccnc2)C1. The number of rotatable bonds is 5. The molecule has 122 valence electrons. The zero-order valence-corrected chi connectivity index (χ0v) is 13.4. The summed E-state index contributed by atoms with van der Waals surface area (Å²) in [6, 6.07) is 3.65. The topological polar surface area (TPSA) is 68.7 Å². The van der Waals surface area contributed by atoms with Crippen molar-refractivity contribution in [2.24, 2.45) is 5.92 Å². The van der Waals surface area contributed by atoms with E-state index in [9.17, 15) is 8.42 Å². The molecule has 2 aliphatic heterocycles. The Hall–Kier alpha value is -1.18. The van der Waals surface area contributed by atoms with Gasteiger partial charge in [0, 0.05) is 26.0 Å². The van der Waals surface area contributed by atoms with Crippen LogP contribution in [0.15, 0.2) is 24.5 Å². The number of ether oxygens (including phenoxy) is 2. The molecule has 0 spiro atoms. The highest BCUT2D eigenvalue weighted by Gasteiger charge is 2.34. The predicted octanol–water partition coefficient (Wildman–Crippen LogP) is 1.29. The van der Waals surface area contributed by atoms with E-state index in [1.807, 2.05) is 12.1 Å². The minimum absolute atomic E-state index is 0.0892. The number of hydrogen-bond donors (Lipinski definition) is 0. The highest BCUT2D eigenvalue weighted by molar-refractivity contribution is 7.89. The molecule has 0 bridgehead atoms. The van der Waals surface area contributed by atoms with Gasteiger partial charge in [-0.1, -0.05) is 0 Å². The largest absolute Gasteiger partial charge is 0.487 e. The Morgan fingerprint density at radius 2 is 2.14 bits per heavy atom. The lowest BCUT2D eigenvalue weighted by Crippen LogP contribution is -2.36. The van der Waals surface area contributed by atoms with Gasteiger partial charge in [-0.3, -0.25) is 4.98 Å². The van der Waals surface area contributed by atoms with Crippen LogP contribution in [-0.2, 0) is 14.8 Å². The summed E-state index contributed by atoms with van der Waals surface area (Å²) in [5, 5.41) is 0. The van der Waals surface area contributed by atoms with Gasteiger partial charge in [0.1, 0.15) is 11.9 Å². The first-order valence-electron chi connectivity index (χ1n) is 7.76. The van der Waals surface area contributed by atoms with Crippen molar-refractivity contribution >= 4 is 10.0 Å². The van der Waals surface area contributed by atoms with Crippen LogP contribution in [0.5, 0.6) is 5.75 Å². The van der Waals surface area contributed by atoms with E-state index in [0.717, 1.165) is 19.3 Å². The van der Waals surface area contributed by atoms with Crippen LogP contribution < -0.4 is 4.74 Å². The first kappa shape index (κ1) is 15.7. The van der Waals surface area contributed by atoms with Crippen LogP contribution in [0.25, 0.3) is 0 Å². The Balaban J connectivity index is 1.54. The fourth-order valence-electron chi connectivity index (χ4n) is 2.97. The van der Waals surface area contributed by atoms with Gasteiger partial charge in [0.05, 0.1) is 18.5 Å². The van der Waals surface area contributed by atoms with Crippen molar-refractivity contribution in [1.82, 2.24) is 9.29 Å². The minimum Gasteiger partial charge on any atom is -0.487 e. The molecular weight excluding hydrogens is 304 g/mol. The van der Waals surface area contributed by atoms with Crippen LogP contribution >= 0.6 is 0 Å². The maximum absolute atomic E-state index is 12.5. The predicted molar refractivity (Wildman–Crippen MR) is 82.2 cm³/mol. The quantitative estimate of drug-likeness (QED) is 0.815. The summed E-state index contributed by atoms with van der Waals surface area (Å²) in [4.78, 5) is 4.00. The van der Waals surface area contributed by atoms with Crippen molar-refractivity contribution in [2.45, 2.75) is 25.4 Å². The summed E-state index contributed by atoms with van der Waals surface area (Å²) in [6.45, 7) is 2.32. The van der Waals surface area contributed by atoms with Crippen LogP contribution in [0.3, 0.4) is 0 Å². The van der Waals surface area contributed by atoms with Gasteiger partial charge in [-0.15, -0.1) is 0 Å². The lowest BCUT2D eigenvalue weighted by molar-refractivity contribution is 0.0720. The maximum atomic E-state index is 12.5. The number of hydrogen-bond acceptors (Lipinski definition) is 5. The van der Waals surface area contributed by atoms with Crippen molar-refractivity contribution in [3.05, 3.63) is 24.5 Å². The third-order valence-electron chi connectivity index (χ3n) is 4.23. The average molecular weight is 326 g/mol. The third kappa shape index (κ3) is 3.97. The molecular formula is C15H22N2O4S. The van der Waals surface area contributed by atoms with Gasteiger partial charge < -0.3 is 9.47 Å². The first-order valence-corrected chi connectivity index (χ1v) is 9.37. The number of pyridine rings is 1. The molecule has 7 heteroatoms. The smallest absolute Gasteiger partial charge is 0.214 e. The fraction of sp³-hybridized carbons (Fsp3) is 0.667. The van der Waals surface area contributed by atoms with Crippen molar-refractivity contribution in [2.75, 3.05) is 32.1 Å². The third-order valence-corrected chi connectivity index (χ3v) is 6.24. The summed E-state index contributed by atoms with van der Waals surface area (Å²) in [5.74, 6) is 1.14. The van der Waals surface area contributed by atoms with Crippen LogP contribution in [-0.4, -0.2) is 55.9 Å². The summed E-state index contributed by atoms with van der Waals surface area (Å²) >= 11 is 0. The van der Waals surface area contributed by atoms with Crippen molar-refractivity contribution in [3.8, 4) is 5.75 Å². The van der Waals surface area contributed by atoms with Crippen molar-refractivity contribution in [3.63, 3.8) is 0 Å². The van der Waals surface area contributed by atoms with E-state index >= 15 is 0 Å². The Labute approximate surface area is 131 Å². The molecule has 0 aromatic carbocycles. The Morgan fingerprint density at radius 3 is 2.86 bits per heavy atom. The molecule has 1 atom stereocenters. The van der Waals surface area contributed by atoms with E-state index in [2.05, 4.69) is 4.98 Å². The molecule has 2 aliphatic rings. The molecule has 22 heavy (non-hydrogen) atoms. The monoisotopic (exact) mass is 326 g/mol. The van der Waals surface area contributed by atoms with E-state index in [1.165, 1.54) is 0 Å². The molecule has 0 saturated carbocycles. The van der Waals surface area contributed by atoms with Gasteiger partial charge in [0.25, 0.3) is 0 Å². The molecule has 0 amide bonds. The molecule has 3 rings (SSSR count). The maximum Gasteiger partial charge on any atom is 0.214 e. The molecule has 6 nitrogen and oxygen atoms in total. The van der Waals surface area contributed by atoms with Gasteiger partial charge in [0.15, 0.2) is 0 Å². The number of nitrogens with zero attached hydrogens (tertiary/aromatic N) is 2. The van der Waals surface area contributed by atoms with Crippen LogP contribution in [0.4, 0.5) is 0 Å². The molecule has 0 aliphatic carbocycles.